The zero-order chi connectivity index (χ0) is 20.1. The highest BCUT2D eigenvalue weighted by Crippen LogP contribution is 2.43. The number of hydrogen-bond acceptors (Lipinski definition) is 4. The van der Waals surface area contributed by atoms with Crippen molar-refractivity contribution in [3.05, 3.63) is 64.7 Å². The largest absolute Gasteiger partial charge is 0.332 e. The molecule has 1 aliphatic rings. The zero-order valence-electron chi connectivity index (χ0n) is 16.5. The number of nitrogens with one attached hydrogen (secondary N) is 1. The first-order chi connectivity index (χ1) is 13.5. The van der Waals surface area contributed by atoms with Crippen molar-refractivity contribution in [1.82, 2.24) is 4.90 Å². The van der Waals surface area contributed by atoms with Crippen molar-refractivity contribution in [2.24, 2.45) is 0 Å². The van der Waals surface area contributed by atoms with E-state index in [1.54, 1.807) is 7.05 Å². The van der Waals surface area contributed by atoms with E-state index in [1.165, 1.54) is 28.4 Å². The Morgan fingerprint density at radius 1 is 1.04 bits per heavy atom. The van der Waals surface area contributed by atoms with Gasteiger partial charge >= 0.3 is 0 Å². The van der Waals surface area contributed by atoms with Crippen LogP contribution in [0.1, 0.15) is 38.1 Å². The maximum absolute atomic E-state index is 12.7. The third-order valence-corrected chi connectivity index (χ3v) is 7.75. The van der Waals surface area contributed by atoms with Gasteiger partial charge in [0.25, 0.3) is 5.91 Å². The van der Waals surface area contributed by atoms with Crippen LogP contribution in [0.2, 0.25) is 0 Å². The number of nitrogens with zero attached hydrogens (tertiary/aromatic N) is 1. The third-order valence-electron chi connectivity index (χ3n) is 4.73. The van der Waals surface area contributed by atoms with Crippen molar-refractivity contribution in [3.63, 3.8) is 0 Å². The van der Waals surface area contributed by atoms with E-state index in [1.807, 2.05) is 79.8 Å². The molecule has 2 amide bonds. The standard InChI is InChI=1S/C22H26N2O2S2/c1-15-6-4-7-16(2)20(15)23-19(25)14-24(3)21(26)17-8-10-18(11-9-17)22-27-12-5-13-28-22/h4,6-11,22H,5,12-14H2,1-3H3,(H,23,25). The molecule has 2 aromatic rings. The van der Waals surface area contributed by atoms with Crippen LogP contribution < -0.4 is 5.32 Å². The molecule has 0 aliphatic carbocycles. The number of rotatable bonds is 5. The van der Waals surface area contributed by atoms with E-state index >= 15 is 0 Å². The first kappa shape index (κ1) is 20.8. The van der Waals surface area contributed by atoms with E-state index in [-0.39, 0.29) is 18.4 Å². The van der Waals surface area contributed by atoms with Gasteiger partial charge < -0.3 is 10.2 Å². The van der Waals surface area contributed by atoms with Crippen LogP contribution in [0.25, 0.3) is 0 Å². The van der Waals surface area contributed by atoms with Gasteiger partial charge in [0.15, 0.2) is 0 Å². The van der Waals surface area contributed by atoms with Crippen LogP contribution in [0.15, 0.2) is 42.5 Å². The van der Waals surface area contributed by atoms with Gasteiger partial charge in [-0.15, -0.1) is 23.5 Å². The lowest BCUT2D eigenvalue weighted by Gasteiger charge is -2.22. The lowest BCUT2D eigenvalue weighted by molar-refractivity contribution is -0.116. The van der Waals surface area contributed by atoms with Crippen LogP contribution in [0.3, 0.4) is 0 Å². The molecule has 148 valence electrons. The fraction of sp³-hybridized carbons (Fsp3) is 0.364. The minimum absolute atomic E-state index is 0.0166. The molecule has 1 aliphatic heterocycles. The number of para-hydroxylation sites is 1. The maximum Gasteiger partial charge on any atom is 0.254 e. The minimum atomic E-state index is -0.195. The molecule has 28 heavy (non-hydrogen) atoms. The molecule has 4 nitrogen and oxygen atoms in total. The van der Waals surface area contributed by atoms with E-state index in [0.29, 0.717) is 10.1 Å². The molecule has 3 rings (SSSR count). The van der Waals surface area contributed by atoms with Crippen LogP contribution in [0, 0.1) is 13.8 Å². The number of aryl methyl sites for hydroxylation is 2. The number of likely N-dealkylation sites (N-methyl/N-ethyl adjacent to an activating group) is 1. The van der Waals surface area contributed by atoms with Gasteiger partial charge in [-0.2, -0.15) is 0 Å². The second-order valence-corrected chi connectivity index (χ2v) is 9.75. The van der Waals surface area contributed by atoms with E-state index in [9.17, 15) is 9.59 Å². The third kappa shape index (κ3) is 5.11. The number of carbonyl (C=O) groups excluding carboxylic acids is 2. The summed E-state index contributed by atoms with van der Waals surface area (Å²) in [5, 5.41) is 2.93. The maximum atomic E-state index is 12.7. The number of benzene rings is 2. The zero-order valence-corrected chi connectivity index (χ0v) is 18.2. The first-order valence-electron chi connectivity index (χ1n) is 9.40. The van der Waals surface area contributed by atoms with E-state index in [4.69, 9.17) is 0 Å². The summed E-state index contributed by atoms with van der Waals surface area (Å²) in [7, 11) is 1.66. The molecular weight excluding hydrogens is 388 g/mol. The summed E-state index contributed by atoms with van der Waals surface area (Å²) in [5.41, 5.74) is 4.70. The highest BCUT2D eigenvalue weighted by Gasteiger charge is 2.19. The molecular formula is C22H26N2O2S2. The Morgan fingerprint density at radius 2 is 1.64 bits per heavy atom. The molecule has 2 aromatic carbocycles. The summed E-state index contributed by atoms with van der Waals surface area (Å²) < 4.78 is 0.457. The van der Waals surface area contributed by atoms with Crippen molar-refractivity contribution < 1.29 is 9.59 Å². The SMILES string of the molecule is Cc1cccc(C)c1NC(=O)CN(C)C(=O)c1ccc(C2SCCCS2)cc1. The second-order valence-electron chi connectivity index (χ2n) is 7.03. The lowest BCUT2D eigenvalue weighted by atomic mass is 10.1. The monoisotopic (exact) mass is 414 g/mol. The Morgan fingerprint density at radius 3 is 2.25 bits per heavy atom. The summed E-state index contributed by atoms with van der Waals surface area (Å²) >= 11 is 3.93. The predicted octanol–water partition coefficient (Wildman–Crippen LogP) is 4.88. The van der Waals surface area contributed by atoms with Gasteiger partial charge in [-0.25, -0.2) is 0 Å². The summed E-state index contributed by atoms with van der Waals surface area (Å²) in [4.78, 5) is 26.6. The summed E-state index contributed by atoms with van der Waals surface area (Å²) in [5.74, 6) is 2.04. The van der Waals surface area contributed by atoms with Crippen LogP contribution in [0.5, 0.6) is 0 Å². The number of thioether (sulfide) groups is 2. The molecule has 0 bridgehead atoms. The van der Waals surface area contributed by atoms with E-state index < -0.39 is 0 Å². The fourth-order valence-corrected chi connectivity index (χ4v) is 6.06. The first-order valence-corrected chi connectivity index (χ1v) is 11.5. The normalized spacial score (nSPS) is 14.5. The Kier molecular flexibility index (Phi) is 7.08. The fourth-order valence-electron chi connectivity index (χ4n) is 3.16. The van der Waals surface area contributed by atoms with Gasteiger partial charge in [-0.3, -0.25) is 9.59 Å². The molecule has 0 radical (unpaired) electrons. The molecule has 0 aromatic heterocycles. The Hall–Kier alpha value is -1.92. The molecule has 1 fully saturated rings. The molecule has 1 saturated heterocycles. The van der Waals surface area contributed by atoms with Gasteiger partial charge in [0.2, 0.25) is 5.91 Å². The highest BCUT2D eigenvalue weighted by atomic mass is 32.2. The lowest BCUT2D eigenvalue weighted by Crippen LogP contribution is -2.35. The average molecular weight is 415 g/mol. The molecule has 6 heteroatoms. The molecule has 0 unspecified atom stereocenters. The Balaban J connectivity index is 1.60. The van der Waals surface area contributed by atoms with Crippen molar-refractivity contribution in [2.75, 3.05) is 30.4 Å². The molecule has 0 saturated carbocycles. The van der Waals surface area contributed by atoms with Crippen LogP contribution in [-0.2, 0) is 4.79 Å². The quantitative estimate of drug-likeness (QED) is 0.757. The van der Waals surface area contributed by atoms with Gasteiger partial charge in [0, 0.05) is 18.3 Å². The van der Waals surface area contributed by atoms with Gasteiger partial charge in [-0.1, -0.05) is 30.3 Å². The summed E-state index contributed by atoms with van der Waals surface area (Å²) in [6.45, 7) is 3.94. The Labute approximate surface area is 175 Å². The van der Waals surface area contributed by atoms with Crippen molar-refractivity contribution in [1.29, 1.82) is 0 Å². The van der Waals surface area contributed by atoms with Gasteiger partial charge in [0.1, 0.15) is 0 Å². The summed E-state index contributed by atoms with van der Waals surface area (Å²) in [6, 6.07) is 13.7. The molecule has 1 N–H and O–H groups in total. The minimum Gasteiger partial charge on any atom is -0.332 e. The van der Waals surface area contributed by atoms with Crippen LogP contribution >= 0.6 is 23.5 Å². The van der Waals surface area contributed by atoms with E-state index in [0.717, 1.165) is 16.8 Å². The van der Waals surface area contributed by atoms with Crippen LogP contribution in [0.4, 0.5) is 5.69 Å². The van der Waals surface area contributed by atoms with Crippen LogP contribution in [-0.4, -0.2) is 41.8 Å². The number of anilines is 1. The average Bonchev–Trinajstić information content (AvgIpc) is 2.71. The topological polar surface area (TPSA) is 49.4 Å². The van der Waals surface area contributed by atoms with E-state index in [2.05, 4.69) is 5.32 Å². The summed E-state index contributed by atoms with van der Waals surface area (Å²) in [6.07, 6.45) is 1.26. The second kappa shape index (κ2) is 9.52. The van der Waals surface area contributed by atoms with Gasteiger partial charge in [0.05, 0.1) is 11.1 Å². The molecule has 0 spiro atoms. The smallest absolute Gasteiger partial charge is 0.254 e. The number of hydrogen-bond donors (Lipinski definition) is 1. The highest BCUT2D eigenvalue weighted by molar-refractivity contribution is 8.16. The van der Waals surface area contributed by atoms with Crippen molar-refractivity contribution >= 4 is 41.0 Å². The molecule has 1 heterocycles. The molecule has 0 atom stereocenters. The van der Waals surface area contributed by atoms with Crippen molar-refractivity contribution in [3.8, 4) is 0 Å². The number of carbonyl (C=O) groups is 2. The Bertz CT molecular complexity index is 826. The number of amides is 2. The predicted molar refractivity (Wildman–Crippen MR) is 120 cm³/mol. The van der Waals surface area contributed by atoms with Gasteiger partial charge in [-0.05, 0) is 60.6 Å². The van der Waals surface area contributed by atoms with Crippen molar-refractivity contribution in [2.45, 2.75) is 24.9 Å².